The molecule has 0 saturated heterocycles. The SMILES string of the molecule is O=C(Nc1ccc(F)cc1)c1cccc(C(=O)Nc2ccc3c(c2)OCCO3)n1. The maximum Gasteiger partial charge on any atom is 0.274 e. The Bertz CT molecular complexity index is 1070. The van der Waals surface area contributed by atoms with Crippen LogP contribution in [0.25, 0.3) is 0 Å². The molecule has 0 radical (unpaired) electrons. The Morgan fingerprint density at radius 3 is 2.07 bits per heavy atom. The largest absolute Gasteiger partial charge is 0.486 e. The smallest absolute Gasteiger partial charge is 0.274 e. The maximum atomic E-state index is 13.0. The molecule has 1 aliphatic rings. The second-order valence-corrected chi connectivity index (χ2v) is 6.18. The summed E-state index contributed by atoms with van der Waals surface area (Å²) in [5, 5.41) is 5.33. The van der Waals surface area contributed by atoms with Crippen molar-refractivity contribution in [2.75, 3.05) is 23.8 Å². The number of carbonyl (C=O) groups is 2. The molecule has 146 valence electrons. The fourth-order valence-corrected chi connectivity index (χ4v) is 2.73. The van der Waals surface area contributed by atoms with Gasteiger partial charge in [0.2, 0.25) is 0 Å². The van der Waals surface area contributed by atoms with Crippen LogP contribution in [0.1, 0.15) is 21.0 Å². The average molecular weight is 393 g/mol. The quantitative estimate of drug-likeness (QED) is 0.708. The lowest BCUT2D eigenvalue weighted by Gasteiger charge is -2.19. The Morgan fingerprint density at radius 1 is 0.793 bits per heavy atom. The number of hydrogen-bond donors (Lipinski definition) is 2. The molecule has 4 rings (SSSR count). The van der Waals surface area contributed by atoms with Crippen LogP contribution in [0.3, 0.4) is 0 Å². The first-order valence-corrected chi connectivity index (χ1v) is 8.83. The molecule has 2 N–H and O–H groups in total. The van der Waals surface area contributed by atoms with Crippen molar-refractivity contribution < 1.29 is 23.5 Å². The summed E-state index contributed by atoms with van der Waals surface area (Å²) >= 11 is 0. The zero-order chi connectivity index (χ0) is 20.2. The van der Waals surface area contributed by atoms with E-state index in [2.05, 4.69) is 15.6 Å². The molecular formula is C21H16FN3O4. The predicted molar refractivity (Wildman–Crippen MR) is 104 cm³/mol. The Hall–Kier alpha value is -3.94. The minimum atomic E-state index is -0.509. The lowest BCUT2D eigenvalue weighted by molar-refractivity contribution is 0.101. The van der Waals surface area contributed by atoms with Crippen molar-refractivity contribution in [2.24, 2.45) is 0 Å². The van der Waals surface area contributed by atoms with Crippen molar-refractivity contribution in [1.29, 1.82) is 0 Å². The van der Waals surface area contributed by atoms with Gasteiger partial charge in [0.1, 0.15) is 30.4 Å². The summed E-state index contributed by atoms with van der Waals surface area (Å²) in [5.74, 6) is -0.219. The molecule has 0 atom stereocenters. The average Bonchev–Trinajstić information content (AvgIpc) is 2.75. The van der Waals surface area contributed by atoms with Gasteiger partial charge in [0.15, 0.2) is 11.5 Å². The van der Waals surface area contributed by atoms with Gasteiger partial charge < -0.3 is 20.1 Å². The monoisotopic (exact) mass is 393 g/mol. The minimum absolute atomic E-state index is 0.0594. The first kappa shape index (κ1) is 18.4. The maximum absolute atomic E-state index is 13.0. The number of fused-ring (bicyclic) bond motifs is 1. The molecule has 1 aromatic heterocycles. The lowest BCUT2D eigenvalue weighted by Crippen LogP contribution is -2.19. The minimum Gasteiger partial charge on any atom is -0.486 e. The summed E-state index contributed by atoms with van der Waals surface area (Å²) < 4.78 is 23.9. The van der Waals surface area contributed by atoms with Crippen LogP contribution in [0.15, 0.2) is 60.7 Å². The van der Waals surface area contributed by atoms with Crippen molar-refractivity contribution in [3.8, 4) is 11.5 Å². The van der Waals surface area contributed by atoms with Gasteiger partial charge in [-0.3, -0.25) is 9.59 Å². The number of halogens is 1. The standard InChI is InChI=1S/C21H16FN3O4/c22-13-4-6-14(7-5-13)23-20(26)16-2-1-3-17(25-16)21(27)24-15-8-9-18-19(12-15)29-11-10-28-18/h1-9,12H,10-11H2,(H,23,26)(H,24,27). The van der Waals surface area contributed by atoms with Crippen LogP contribution in [-0.4, -0.2) is 30.0 Å². The fraction of sp³-hybridized carbons (Fsp3) is 0.0952. The van der Waals surface area contributed by atoms with E-state index in [1.807, 2.05) is 0 Å². The number of pyridine rings is 1. The second-order valence-electron chi connectivity index (χ2n) is 6.18. The Kier molecular flexibility index (Phi) is 5.07. The molecule has 3 aromatic rings. The topological polar surface area (TPSA) is 89.6 Å². The zero-order valence-corrected chi connectivity index (χ0v) is 15.1. The summed E-state index contributed by atoms with van der Waals surface area (Å²) in [6.07, 6.45) is 0. The molecule has 0 unspecified atom stereocenters. The molecule has 2 heterocycles. The van der Waals surface area contributed by atoms with Gasteiger partial charge in [0.25, 0.3) is 11.8 Å². The number of rotatable bonds is 4. The Morgan fingerprint density at radius 2 is 1.38 bits per heavy atom. The molecule has 1 aliphatic heterocycles. The third kappa shape index (κ3) is 4.32. The van der Waals surface area contributed by atoms with Gasteiger partial charge in [-0.1, -0.05) is 6.07 Å². The van der Waals surface area contributed by atoms with Crippen molar-refractivity contribution in [1.82, 2.24) is 4.98 Å². The van der Waals surface area contributed by atoms with E-state index in [9.17, 15) is 14.0 Å². The predicted octanol–water partition coefficient (Wildman–Crippen LogP) is 3.50. The van der Waals surface area contributed by atoms with Crippen molar-refractivity contribution in [3.63, 3.8) is 0 Å². The van der Waals surface area contributed by atoms with Gasteiger partial charge in [0, 0.05) is 17.4 Å². The van der Waals surface area contributed by atoms with Gasteiger partial charge in [-0.25, -0.2) is 9.37 Å². The summed E-state index contributed by atoms with van der Waals surface area (Å²) in [5.41, 5.74) is 1.07. The van der Waals surface area contributed by atoms with E-state index in [4.69, 9.17) is 9.47 Å². The molecule has 0 saturated carbocycles. The third-order valence-electron chi connectivity index (χ3n) is 4.12. The Balaban J connectivity index is 1.47. The van der Waals surface area contributed by atoms with Crippen LogP contribution in [0.5, 0.6) is 11.5 Å². The lowest BCUT2D eigenvalue weighted by atomic mass is 10.2. The second kappa shape index (κ2) is 7.97. The number of aromatic nitrogens is 1. The molecule has 0 fully saturated rings. The number of benzene rings is 2. The van der Waals surface area contributed by atoms with Crippen LogP contribution in [-0.2, 0) is 0 Å². The first-order valence-electron chi connectivity index (χ1n) is 8.83. The molecular weight excluding hydrogens is 377 g/mol. The van der Waals surface area contributed by atoms with E-state index in [-0.39, 0.29) is 11.4 Å². The van der Waals surface area contributed by atoms with E-state index in [0.29, 0.717) is 36.1 Å². The van der Waals surface area contributed by atoms with Crippen LogP contribution in [0, 0.1) is 5.82 Å². The molecule has 29 heavy (non-hydrogen) atoms. The highest BCUT2D eigenvalue weighted by Crippen LogP contribution is 2.32. The summed E-state index contributed by atoms with van der Waals surface area (Å²) in [7, 11) is 0. The van der Waals surface area contributed by atoms with E-state index < -0.39 is 17.6 Å². The molecule has 0 spiro atoms. The van der Waals surface area contributed by atoms with Crippen LogP contribution < -0.4 is 20.1 Å². The van der Waals surface area contributed by atoms with Crippen molar-refractivity contribution >= 4 is 23.2 Å². The van der Waals surface area contributed by atoms with Crippen molar-refractivity contribution in [3.05, 3.63) is 77.9 Å². The zero-order valence-electron chi connectivity index (χ0n) is 15.1. The molecule has 2 aromatic carbocycles. The summed E-state index contributed by atoms with van der Waals surface area (Å²) in [6.45, 7) is 0.923. The normalized spacial score (nSPS) is 12.2. The number of nitrogens with one attached hydrogen (secondary N) is 2. The molecule has 7 nitrogen and oxygen atoms in total. The number of anilines is 2. The number of ether oxygens (including phenoxy) is 2. The number of nitrogens with zero attached hydrogens (tertiary/aromatic N) is 1. The highest BCUT2D eigenvalue weighted by Gasteiger charge is 2.15. The number of carbonyl (C=O) groups excluding carboxylic acids is 2. The van der Waals surface area contributed by atoms with Gasteiger partial charge >= 0.3 is 0 Å². The highest BCUT2D eigenvalue weighted by atomic mass is 19.1. The number of amides is 2. The first-order chi connectivity index (χ1) is 14.1. The van der Waals surface area contributed by atoms with E-state index in [1.165, 1.54) is 36.4 Å². The summed E-state index contributed by atoms with van der Waals surface area (Å²) in [4.78, 5) is 29.0. The van der Waals surface area contributed by atoms with Crippen LogP contribution >= 0.6 is 0 Å². The van der Waals surface area contributed by atoms with Crippen molar-refractivity contribution in [2.45, 2.75) is 0 Å². The third-order valence-corrected chi connectivity index (χ3v) is 4.12. The van der Waals surface area contributed by atoms with Gasteiger partial charge in [0.05, 0.1) is 0 Å². The van der Waals surface area contributed by atoms with Gasteiger partial charge in [-0.2, -0.15) is 0 Å². The van der Waals surface area contributed by atoms with Crippen LogP contribution in [0.4, 0.5) is 15.8 Å². The molecule has 0 aliphatic carbocycles. The molecule has 8 heteroatoms. The van der Waals surface area contributed by atoms with Gasteiger partial charge in [-0.05, 0) is 48.5 Å². The number of hydrogen-bond acceptors (Lipinski definition) is 5. The fourth-order valence-electron chi connectivity index (χ4n) is 2.73. The van der Waals surface area contributed by atoms with E-state index in [1.54, 1.807) is 24.3 Å². The van der Waals surface area contributed by atoms with E-state index in [0.717, 1.165) is 0 Å². The highest BCUT2D eigenvalue weighted by molar-refractivity contribution is 6.06. The van der Waals surface area contributed by atoms with Crippen LogP contribution in [0.2, 0.25) is 0 Å². The summed E-state index contributed by atoms with van der Waals surface area (Å²) in [6, 6.07) is 15.0. The molecule has 0 bridgehead atoms. The van der Waals surface area contributed by atoms with Gasteiger partial charge in [-0.15, -0.1) is 0 Å². The Labute approximate surface area is 165 Å². The molecule has 2 amide bonds. The van der Waals surface area contributed by atoms with E-state index >= 15 is 0 Å².